The first-order chi connectivity index (χ1) is 51.7. The molecule has 0 aliphatic heterocycles. The van der Waals surface area contributed by atoms with Crippen LogP contribution in [-0.4, -0.2) is 80.1 Å². The van der Waals surface area contributed by atoms with Gasteiger partial charge in [-0.25, -0.2) is 29.9 Å². The Balaban J connectivity index is 0.000000670. The van der Waals surface area contributed by atoms with E-state index in [2.05, 4.69) is 232 Å². The van der Waals surface area contributed by atoms with E-state index in [0.29, 0.717) is 35.3 Å². The van der Waals surface area contributed by atoms with Crippen molar-refractivity contribution in [2.75, 3.05) is 37.0 Å². The Morgan fingerprint density at radius 1 is 0.444 bits per heavy atom. The van der Waals surface area contributed by atoms with E-state index in [0.717, 1.165) is 187 Å². The average Bonchev–Trinajstić information content (AvgIpc) is 1.59. The van der Waals surface area contributed by atoms with Gasteiger partial charge in [-0.1, -0.05) is 114 Å². The molecule has 9 aromatic rings. The summed E-state index contributed by atoms with van der Waals surface area (Å²) in [6.45, 7) is 26.5. The first kappa shape index (κ1) is 95.3. The number of aromatic hydroxyl groups is 1. The molecule has 20 heteroatoms. The third-order valence-corrected chi connectivity index (χ3v) is 14.6. The molecule has 0 atom stereocenters. The fourth-order valence-electron chi connectivity index (χ4n) is 9.99. The molecule has 0 bridgehead atoms. The van der Waals surface area contributed by atoms with Gasteiger partial charge < -0.3 is 60.7 Å². The summed E-state index contributed by atoms with van der Waals surface area (Å²) in [4.78, 5) is 39.2. The number of imidazole rings is 3. The number of fused-ring (bicyclic) bond motifs is 9. The SMILES string of the molecule is C.C#CC#CC#CC#CC#CC#CC#C.CC#CC#CC#CC#CC#CC.CCCC.CCCCc1nc2c(N)nc3cc(O)ccc3c2n1CCC.CCCCc1nc2c(N)nc3cc(OCCC)ccc3c2n1CCC.CCCCc1nc2c(N)nc3cc(OCCO)ccc3c2n1CCC.O=CO[O-].[Cs+]. The quantitative estimate of drug-likeness (QED) is 0.0172. The topological polar surface area (TPSA) is 278 Å². The molecule has 0 spiro atoms. The fraction of sp³-hybridized carbons (Fsp3) is 0.375. The maximum atomic E-state index is 9.68. The van der Waals surface area contributed by atoms with Gasteiger partial charge in [0, 0.05) is 73.3 Å². The number of phenolic OH excluding ortho intramolecular Hbond substituents is 1. The number of aliphatic hydroxyl groups is 1. The molecule has 19 nitrogen and oxygen atoms in total. The number of hydrogen-bond donors (Lipinski definition) is 5. The van der Waals surface area contributed by atoms with Gasteiger partial charge in [0.15, 0.2) is 17.5 Å². The Hall–Kier alpha value is -10.7. The van der Waals surface area contributed by atoms with Crippen LogP contribution in [0.2, 0.25) is 0 Å². The predicted molar refractivity (Wildman–Crippen MR) is 436 cm³/mol. The van der Waals surface area contributed by atoms with Gasteiger partial charge in [-0.3, -0.25) is 4.79 Å². The second-order valence-corrected chi connectivity index (χ2v) is 22.6. The van der Waals surface area contributed by atoms with Crippen molar-refractivity contribution in [3.63, 3.8) is 0 Å². The minimum absolute atomic E-state index is 0. The van der Waals surface area contributed by atoms with Crippen molar-refractivity contribution in [2.24, 2.45) is 0 Å². The van der Waals surface area contributed by atoms with Crippen molar-refractivity contribution in [1.82, 2.24) is 43.6 Å². The number of carbonyl (C=O) groups is 1. The Labute approximate surface area is 699 Å². The Morgan fingerprint density at radius 3 is 1.03 bits per heavy atom. The minimum atomic E-state index is -0.181. The number of ether oxygens (including phenoxy) is 2. The zero-order chi connectivity index (χ0) is 77.7. The molecular formula is C88H99CsN12O7. The number of nitrogens with two attached hydrogens (primary N) is 3. The van der Waals surface area contributed by atoms with E-state index >= 15 is 0 Å². The van der Waals surface area contributed by atoms with E-state index in [1.165, 1.54) is 12.8 Å². The van der Waals surface area contributed by atoms with Crippen LogP contribution in [-0.2, 0) is 48.6 Å². The first-order valence-electron chi connectivity index (χ1n) is 35.5. The Kier molecular flexibility index (Phi) is 50.7. The number of aromatic nitrogens is 9. The maximum absolute atomic E-state index is 9.68. The molecule has 0 fully saturated rings. The number of nitrogen functional groups attached to an aromatic ring is 3. The number of anilines is 3. The molecule has 0 radical (unpaired) electrons. The molecule has 3 aromatic carbocycles. The van der Waals surface area contributed by atoms with Gasteiger partial charge >= 0.3 is 68.9 Å². The van der Waals surface area contributed by atoms with Crippen molar-refractivity contribution < 1.29 is 104 Å². The van der Waals surface area contributed by atoms with Crippen LogP contribution in [0.5, 0.6) is 17.2 Å². The van der Waals surface area contributed by atoms with Crippen LogP contribution in [0.4, 0.5) is 17.5 Å². The van der Waals surface area contributed by atoms with Crippen LogP contribution < -0.4 is 101 Å². The molecule has 0 saturated heterocycles. The number of rotatable bonds is 23. The van der Waals surface area contributed by atoms with Crippen LogP contribution >= 0.6 is 0 Å². The van der Waals surface area contributed by atoms with Gasteiger partial charge in [-0.05, 0) is 214 Å². The van der Waals surface area contributed by atoms with Crippen molar-refractivity contribution in [1.29, 1.82) is 0 Å². The third kappa shape index (κ3) is 31.8. The van der Waals surface area contributed by atoms with E-state index in [-0.39, 0.29) is 102 Å². The number of pyridine rings is 3. The van der Waals surface area contributed by atoms with Gasteiger partial charge in [0.1, 0.15) is 57.9 Å². The molecule has 108 heavy (non-hydrogen) atoms. The second kappa shape index (κ2) is 57.5. The molecule has 0 unspecified atom stereocenters. The van der Waals surface area contributed by atoms with Crippen LogP contribution in [0.3, 0.4) is 0 Å². The molecule has 8 N–H and O–H groups in total. The summed E-state index contributed by atoms with van der Waals surface area (Å²) < 4.78 is 18.1. The summed E-state index contributed by atoms with van der Waals surface area (Å²) in [5.41, 5.74) is 26.5. The zero-order valence-electron chi connectivity index (χ0n) is 64.0. The van der Waals surface area contributed by atoms with Crippen LogP contribution in [0.15, 0.2) is 54.6 Å². The number of carbonyl (C=O) groups excluding carboxylic acids is 1. The molecule has 0 amide bonds. The Bertz CT molecular complexity index is 4920. The first-order valence-corrected chi connectivity index (χ1v) is 35.5. The number of terminal acetylenes is 2. The second-order valence-electron chi connectivity index (χ2n) is 22.6. The average molecular weight is 1570 g/mol. The summed E-state index contributed by atoms with van der Waals surface area (Å²) in [6, 6.07) is 17.1. The molecule has 0 aliphatic carbocycles. The van der Waals surface area contributed by atoms with E-state index in [9.17, 15) is 5.11 Å². The standard InChI is InChI=1S/C20H28N4O.C19H26N4O2.C17H22N4O.C14H2.C12H6.C4H10.CH2O3.CH4.Cs/c1-4-7-8-17-23-18-19(24(17)11-5-2)15-10-9-14(25-12-6-3)13-16(15)22-20(18)21;1-3-5-6-16-22-17-18(23(16)9-4-2)14-8-7-13(25-11-10-24)12-15(14)21-19(17)20;1-3-5-6-14-20-15-16(21(14)9-4-2)12-8-7-11(22)10-13(12)19-17(15)18;1-3-5-7-9-11-13-14-12-10-8-6-4-2;1-3-5-7-9-11-12-10-8-6-4-2;1-3-4-2;2-1-4-3;;/h9-10,13H,4-8,11-12H2,1-3H3,(H2,21,22);7-8,12,24H,3-6,9-11H2,1-2H3,(H2,20,21);7-8,10,22H,3-6,9H2,1-2H3,(H2,18,19);1-2H;1-2H3;3-4H2,1-2H3;1,3H;1H4;/q;;;;;;;;+1/p-1. The van der Waals surface area contributed by atoms with E-state index in [1.807, 2.05) is 36.4 Å². The number of unbranched alkanes of at least 4 members (excludes halogenated alkanes) is 4. The molecule has 554 valence electrons. The van der Waals surface area contributed by atoms with Crippen molar-refractivity contribution >= 4 is 89.7 Å². The molecular weight excluding hydrogens is 1470 g/mol. The molecule has 0 saturated carbocycles. The van der Waals surface area contributed by atoms with Crippen LogP contribution in [0.25, 0.3) is 65.8 Å². The van der Waals surface area contributed by atoms with E-state index < -0.39 is 0 Å². The van der Waals surface area contributed by atoms with Gasteiger partial charge in [-0.2, -0.15) is 0 Å². The summed E-state index contributed by atoms with van der Waals surface area (Å²) in [6.07, 6.45) is 26.1. The largest absolute Gasteiger partial charge is 1.00 e. The summed E-state index contributed by atoms with van der Waals surface area (Å²) >= 11 is 0. The number of hydrogen-bond acceptors (Lipinski definition) is 16. The normalized spacial score (nSPS) is 9.03. The number of phenols is 1. The summed E-state index contributed by atoms with van der Waals surface area (Å²) in [7, 11) is 0. The molecule has 0 aliphatic rings. The van der Waals surface area contributed by atoms with Crippen molar-refractivity contribution in [2.45, 2.75) is 200 Å². The summed E-state index contributed by atoms with van der Waals surface area (Å²) in [5.74, 6) is 60.2. The van der Waals surface area contributed by atoms with E-state index in [1.54, 1.807) is 26.0 Å². The smallest absolute Gasteiger partial charge is 0.662 e. The maximum Gasteiger partial charge on any atom is 1.00 e. The molecule has 6 heterocycles. The summed E-state index contributed by atoms with van der Waals surface area (Å²) in [5, 5.41) is 30.2. The van der Waals surface area contributed by atoms with E-state index in [4.69, 9.17) is 69.6 Å². The van der Waals surface area contributed by atoms with Gasteiger partial charge in [0.25, 0.3) is 6.47 Å². The van der Waals surface area contributed by atoms with Crippen LogP contribution in [0.1, 0.15) is 178 Å². The minimum Gasteiger partial charge on any atom is -0.662 e. The number of aliphatic hydroxyl groups excluding tert-OH is 1. The zero-order valence-corrected chi connectivity index (χ0v) is 70.3. The van der Waals surface area contributed by atoms with Crippen molar-refractivity contribution in [3.05, 3.63) is 72.1 Å². The number of nitrogens with zero attached hydrogens (tertiary/aromatic N) is 9. The van der Waals surface area contributed by atoms with Crippen molar-refractivity contribution in [3.8, 4) is 160 Å². The molecule has 9 rings (SSSR count). The molecule has 6 aromatic heterocycles. The third-order valence-electron chi connectivity index (χ3n) is 14.6. The monoisotopic (exact) mass is 1570 g/mol. The number of benzene rings is 3. The van der Waals surface area contributed by atoms with Gasteiger partial charge in [-0.15, -0.1) is 12.8 Å². The number of aryl methyl sites for hydroxylation is 6. The fourth-order valence-corrected chi connectivity index (χ4v) is 9.99. The Morgan fingerprint density at radius 2 is 0.750 bits per heavy atom. The van der Waals surface area contributed by atoms with Gasteiger partial charge in [0.05, 0.1) is 46.3 Å². The van der Waals surface area contributed by atoms with Gasteiger partial charge in [0.2, 0.25) is 0 Å². The predicted octanol–water partition coefficient (Wildman–Crippen LogP) is 10.8. The van der Waals surface area contributed by atoms with Crippen LogP contribution in [0, 0.1) is 143 Å².